The van der Waals surface area contributed by atoms with Gasteiger partial charge in [0.15, 0.2) is 0 Å². The first-order valence-corrected chi connectivity index (χ1v) is 17.9. The van der Waals surface area contributed by atoms with Gasteiger partial charge in [-0.15, -0.1) is 28.3 Å². The summed E-state index contributed by atoms with van der Waals surface area (Å²) in [5.41, 5.74) is 6.76. The molecular weight excluding hydrogens is 626 g/mol. The molecule has 0 amide bonds. The van der Waals surface area contributed by atoms with E-state index in [4.69, 9.17) is 9.97 Å². The van der Waals surface area contributed by atoms with Crippen LogP contribution in [0.4, 0.5) is 0 Å². The van der Waals surface area contributed by atoms with Gasteiger partial charge in [0.25, 0.3) is 0 Å². The van der Waals surface area contributed by atoms with Gasteiger partial charge in [0, 0.05) is 27.8 Å². The van der Waals surface area contributed by atoms with Crippen molar-refractivity contribution < 1.29 is 17.1 Å². The van der Waals surface area contributed by atoms with Gasteiger partial charge in [-0.1, -0.05) is 96.2 Å². The zero-order valence-corrected chi connectivity index (χ0v) is 30.6. The molecule has 0 radical (unpaired) electrons. The van der Waals surface area contributed by atoms with Crippen molar-refractivity contribution in [3.05, 3.63) is 144 Å². The molecule has 0 N–H and O–H groups in total. The molecule has 1 atom stereocenters. The van der Waals surface area contributed by atoms with Crippen LogP contribution in [-0.2, 0) is 28.4 Å². The van der Waals surface area contributed by atoms with E-state index in [1.54, 1.807) is 0 Å². The molecule has 1 unspecified atom stereocenters. The van der Waals surface area contributed by atoms with Crippen LogP contribution in [-0.4, -0.2) is 20.3 Å². The molecule has 45 heavy (non-hydrogen) atoms. The second kappa shape index (κ2) is 14.8. The van der Waals surface area contributed by atoms with Gasteiger partial charge >= 0.3 is 0 Å². The smallest absolute Gasteiger partial charge is 0.0710 e. The minimum Gasteiger partial charge on any atom is -0.748 e. The number of hydrogen-bond acceptors (Lipinski definition) is 2. The summed E-state index contributed by atoms with van der Waals surface area (Å²) >= 11 is 0. The first kappa shape index (κ1) is 35.2. The van der Waals surface area contributed by atoms with Crippen molar-refractivity contribution >= 4 is 39.0 Å². The molecule has 6 rings (SSSR count). The Labute approximate surface area is 284 Å². The van der Waals surface area contributed by atoms with Crippen LogP contribution in [0.1, 0.15) is 76.9 Å². The van der Waals surface area contributed by atoms with Crippen LogP contribution < -0.4 is 0 Å². The number of aromatic nitrogens is 2. The molecule has 0 aliphatic carbocycles. The largest absolute Gasteiger partial charge is 0.748 e. The van der Waals surface area contributed by atoms with Crippen LogP contribution in [0.5, 0.6) is 0 Å². The zero-order valence-electron chi connectivity index (χ0n) is 27.4. The molecule has 2 aromatic heterocycles. The zero-order chi connectivity index (χ0) is 31.4. The summed E-state index contributed by atoms with van der Waals surface area (Å²) in [5, 5.41) is 2.31. The number of para-hydroxylation sites is 2. The van der Waals surface area contributed by atoms with E-state index in [0.29, 0.717) is 0 Å². The number of hydrogen-bond donors (Lipinski definition) is 0. The summed E-state index contributed by atoms with van der Waals surface area (Å²) < 4.78 is 0. The van der Waals surface area contributed by atoms with E-state index in [2.05, 4.69) is 142 Å². The normalized spacial score (nSPS) is 12.2. The minimum absolute atomic E-state index is 0. The Hall–Kier alpha value is -2.66. The third-order valence-electron chi connectivity index (χ3n) is 9.41. The van der Waals surface area contributed by atoms with E-state index in [0.717, 1.165) is 39.4 Å². The Bertz CT molecular complexity index is 1690. The van der Waals surface area contributed by atoms with Crippen LogP contribution >= 0.6 is 17.2 Å². The fraction of sp³-hybridized carbons (Fsp3) is 0.300. The summed E-state index contributed by atoms with van der Waals surface area (Å²) in [7, 11) is 2.91. The number of pyridine rings is 2. The number of rotatable bonds is 9. The topological polar surface area (TPSA) is 25.8 Å². The van der Waals surface area contributed by atoms with Gasteiger partial charge < -0.3 is 30.3 Å². The van der Waals surface area contributed by atoms with E-state index in [1.807, 2.05) is 30.3 Å². The molecule has 0 aliphatic rings. The first-order chi connectivity index (χ1) is 21.1. The SMILES string of the molecule is CCC(C)(C)P(C[c-]1cccc1C(P)(c1ccc2ccccc2n1)c1ccc2ccccc2n1)C(C)(C)CC.[Fe].[cH-]1[cH-][cH-][cH-][cH-]1. The first-order valence-electron chi connectivity index (χ1n) is 15.8. The molecule has 0 saturated heterocycles. The van der Waals surface area contributed by atoms with Crippen LogP contribution in [0, 0.1) is 0 Å². The Balaban J connectivity index is 0.000000700. The van der Waals surface area contributed by atoms with Crippen molar-refractivity contribution in [1.82, 2.24) is 9.97 Å². The van der Waals surface area contributed by atoms with Gasteiger partial charge in [-0.3, -0.25) is 9.97 Å². The third kappa shape index (κ3) is 7.50. The maximum atomic E-state index is 5.25. The van der Waals surface area contributed by atoms with Crippen LogP contribution in [0.25, 0.3) is 21.8 Å². The van der Waals surface area contributed by atoms with Gasteiger partial charge in [0.05, 0.1) is 27.6 Å². The van der Waals surface area contributed by atoms with Crippen LogP contribution in [0.2, 0.25) is 0 Å². The Morgan fingerprint density at radius 2 is 1.09 bits per heavy atom. The molecule has 2 nitrogen and oxygen atoms in total. The molecule has 5 heteroatoms. The van der Waals surface area contributed by atoms with Crippen LogP contribution in [0.3, 0.4) is 0 Å². The monoisotopic (exact) mass is 672 g/mol. The van der Waals surface area contributed by atoms with Gasteiger partial charge in [0.2, 0.25) is 0 Å². The number of fused-ring (bicyclic) bond motifs is 2. The average Bonchev–Trinajstić information content (AvgIpc) is 3.79. The predicted molar refractivity (Wildman–Crippen MR) is 197 cm³/mol. The van der Waals surface area contributed by atoms with Gasteiger partial charge in [-0.2, -0.15) is 6.07 Å². The molecule has 0 spiro atoms. The van der Waals surface area contributed by atoms with Crippen molar-refractivity contribution in [1.29, 1.82) is 0 Å². The minimum atomic E-state index is -0.569. The van der Waals surface area contributed by atoms with E-state index >= 15 is 0 Å². The maximum Gasteiger partial charge on any atom is 0.0710 e. The fourth-order valence-corrected chi connectivity index (χ4v) is 10.6. The van der Waals surface area contributed by atoms with Crippen LogP contribution in [0.15, 0.2) is 121 Å². The Morgan fingerprint density at radius 1 is 0.644 bits per heavy atom. The predicted octanol–water partition coefficient (Wildman–Crippen LogP) is 11.4. The molecule has 0 aliphatic heterocycles. The van der Waals surface area contributed by atoms with E-state index in [9.17, 15) is 0 Å². The van der Waals surface area contributed by atoms with E-state index in [-0.39, 0.29) is 35.3 Å². The fourth-order valence-electron chi connectivity index (χ4n) is 6.08. The quantitative estimate of drug-likeness (QED) is 0.0868. The second-order valence-electron chi connectivity index (χ2n) is 12.9. The molecule has 4 aromatic carbocycles. The Morgan fingerprint density at radius 3 is 1.53 bits per heavy atom. The standard InChI is InChI=1S/C35H41N2P2.C5H5.Fe/c1-7-33(3,4)39(34(5,6)8-2)24-27-16-13-17-28(27)35(38,31-22-20-25-14-9-11-18-29(25)36-31)32-23-21-26-15-10-12-19-30(26)37-32;1-2-4-5-3-1;/h9-23H,7-8,24,38H2,1-6H3;1-5H;/q-1;-5;. The van der Waals surface area contributed by atoms with Crippen molar-refractivity contribution in [3.8, 4) is 0 Å². The van der Waals surface area contributed by atoms with Crippen molar-refractivity contribution in [2.75, 3.05) is 0 Å². The number of nitrogens with zero attached hydrogens (tertiary/aromatic N) is 2. The second-order valence-corrected chi connectivity index (χ2v) is 17.4. The number of benzene rings is 2. The molecule has 240 valence electrons. The van der Waals surface area contributed by atoms with Gasteiger partial charge in [-0.25, -0.2) is 12.1 Å². The maximum absolute atomic E-state index is 5.25. The summed E-state index contributed by atoms with van der Waals surface area (Å²) in [6.07, 6.45) is 3.46. The molecule has 6 aromatic rings. The van der Waals surface area contributed by atoms with E-state index < -0.39 is 5.16 Å². The summed E-state index contributed by atoms with van der Waals surface area (Å²) in [6.45, 7) is 14.6. The van der Waals surface area contributed by atoms with Crippen molar-refractivity contribution in [3.63, 3.8) is 0 Å². The summed E-state index contributed by atoms with van der Waals surface area (Å²) in [6, 6.07) is 42.4. The van der Waals surface area contributed by atoms with Crippen molar-refractivity contribution in [2.24, 2.45) is 0 Å². The van der Waals surface area contributed by atoms with E-state index in [1.165, 1.54) is 24.0 Å². The molecular formula is C40H46FeN2P2-6. The average molecular weight is 673 g/mol. The summed E-state index contributed by atoms with van der Waals surface area (Å²) in [5.74, 6) is 0. The summed E-state index contributed by atoms with van der Waals surface area (Å²) in [4.78, 5) is 10.5. The molecule has 2 heterocycles. The van der Waals surface area contributed by atoms with Crippen molar-refractivity contribution in [2.45, 2.75) is 76.0 Å². The molecule has 0 fully saturated rings. The molecule has 0 saturated carbocycles. The Kier molecular flexibility index (Phi) is 11.6. The van der Waals surface area contributed by atoms with Gasteiger partial charge in [-0.05, 0) is 47.4 Å². The third-order valence-corrected chi connectivity index (χ3v) is 14.5. The molecule has 0 bridgehead atoms. The van der Waals surface area contributed by atoms with Gasteiger partial charge in [0.1, 0.15) is 0 Å².